The van der Waals surface area contributed by atoms with Crippen molar-refractivity contribution in [1.29, 1.82) is 0 Å². The molecular formula is C19H26N4O2. The van der Waals surface area contributed by atoms with Gasteiger partial charge in [-0.05, 0) is 57.5 Å². The van der Waals surface area contributed by atoms with Crippen LogP contribution in [0.25, 0.3) is 0 Å². The monoisotopic (exact) mass is 342 g/mol. The molecule has 3 amide bonds. The fourth-order valence-electron chi connectivity index (χ4n) is 4.65. The Morgan fingerprint density at radius 3 is 2.52 bits per heavy atom. The molecule has 2 atom stereocenters. The zero-order valence-electron chi connectivity index (χ0n) is 14.9. The summed E-state index contributed by atoms with van der Waals surface area (Å²) in [5.41, 5.74) is 7.98. The van der Waals surface area contributed by atoms with Gasteiger partial charge in [0.25, 0.3) is 0 Å². The van der Waals surface area contributed by atoms with Crippen LogP contribution in [0.2, 0.25) is 0 Å². The number of nitrogens with two attached hydrogens (primary N) is 1. The van der Waals surface area contributed by atoms with E-state index >= 15 is 0 Å². The molecule has 3 aliphatic rings. The van der Waals surface area contributed by atoms with Crippen molar-refractivity contribution in [3.63, 3.8) is 0 Å². The highest BCUT2D eigenvalue weighted by molar-refractivity contribution is 6.03. The third-order valence-electron chi connectivity index (χ3n) is 5.92. The largest absolute Gasteiger partial charge is 0.368 e. The number of urea groups is 1. The minimum Gasteiger partial charge on any atom is -0.368 e. The number of carbonyl (C=O) groups excluding carboxylic acids is 2. The molecule has 1 aromatic carbocycles. The number of amides is 3. The molecule has 1 unspecified atom stereocenters. The first-order chi connectivity index (χ1) is 11.9. The van der Waals surface area contributed by atoms with Crippen molar-refractivity contribution in [2.75, 3.05) is 32.1 Å². The fourth-order valence-corrected chi connectivity index (χ4v) is 4.65. The zero-order chi connectivity index (χ0) is 17.8. The number of fused-ring (bicyclic) bond motifs is 1. The summed E-state index contributed by atoms with van der Waals surface area (Å²) in [5.74, 6) is -0.418. The second-order valence-corrected chi connectivity index (χ2v) is 7.97. The van der Waals surface area contributed by atoms with Gasteiger partial charge in [-0.15, -0.1) is 0 Å². The first-order valence-corrected chi connectivity index (χ1v) is 9.07. The van der Waals surface area contributed by atoms with Gasteiger partial charge in [0, 0.05) is 24.2 Å². The van der Waals surface area contributed by atoms with Crippen LogP contribution in [0.4, 0.5) is 10.5 Å². The second kappa shape index (κ2) is 5.73. The van der Waals surface area contributed by atoms with E-state index < -0.39 is 11.9 Å². The summed E-state index contributed by atoms with van der Waals surface area (Å²) in [4.78, 5) is 30.4. The average Bonchev–Trinajstić information content (AvgIpc) is 3.07. The highest BCUT2D eigenvalue weighted by Crippen LogP contribution is 2.49. The number of benzene rings is 1. The van der Waals surface area contributed by atoms with Gasteiger partial charge in [0.05, 0.1) is 6.04 Å². The molecule has 0 spiro atoms. The first kappa shape index (κ1) is 16.4. The van der Waals surface area contributed by atoms with Gasteiger partial charge in [0.1, 0.15) is 6.04 Å². The van der Waals surface area contributed by atoms with Crippen LogP contribution in [0, 0.1) is 0 Å². The Bertz CT molecular complexity index is 696. The van der Waals surface area contributed by atoms with Crippen LogP contribution in [0.1, 0.15) is 31.2 Å². The van der Waals surface area contributed by atoms with Gasteiger partial charge in [-0.2, -0.15) is 0 Å². The molecule has 134 valence electrons. The molecule has 1 aromatic rings. The number of hydrogen-bond acceptors (Lipinski definition) is 3. The van der Waals surface area contributed by atoms with Crippen LogP contribution >= 0.6 is 0 Å². The Balaban J connectivity index is 1.61. The molecule has 2 saturated heterocycles. The average molecular weight is 342 g/mol. The molecule has 0 radical (unpaired) electrons. The van der Waals surface area contributed by atoms with Gasteiger partial charge in [-0.25, -0.2) is 4.79 Å². The molecular weight excluding hydrogens is 316 g/mol. The second-order valence-electron chi connectivity index (χ2n) is 7.97. The molecule has 1 saturated carbocycles. The molecule has 0 bridgehead atoms. The van der Waals surface area contributed by atoms with Crippen LogP contribution < -0.4 is 10.6 Å². The lowest BCUT2D eigenvalue weighted by Crippen LogP contribution is -2.46. The molecule has 4 rings (SSSR count). The SMILES string of the molecule is CN(C)CC1(c2ccc(N3C(=O)N4CCC[C@@H]4C3C(N)=O)cc2)CC1. The summed E-state index contributed by atoms with van der Waals surface area (Å²) in [5, 5.41) is 0. The van der Waals surface area contributed by atoms with Gasteiger partial charge in [0.2, 0.25) is 5.91 Å². The van der Waals surface area contributed by atoms with Crippen LogP contribution in [0.3, 0.4) is 0 Å². The molecule has 0 aromatic heterocycles. The highest BCUT2D eigenvalue weighted by atomic mass is 16.2. The molecule has 6 heteroatoms. The van der Waals surface area contributed by atoms with Gasteiger partial charge < -0.3 is 15.5 Å². The predicted molar refractivity (Wildman–Crippen MR) is 96.5 cm³/mol. The van der Waals surface area contributed by atoms with E-state index in [1.807, 2.05) is 12.1 Å². The van der Waals surface area contributed by atoms with Gasteiger partial charge in [0.15, 0.2) is 0 Å². The molecule has 1 aliphatic carbocycles. The summed E-state index contributed by atoms with van der Waals surface area (Å²) < 4.78 is 0. The van der Waals surface area contributed by atoms with Crippen molar-refractivity contribution in [3.05, 3.63) is 29.8 Å². The molecule has 3 fully saturated rings. The van der Waals surface area contributed by atoms with Gasteiger partial charge >= 0.3 is 6.03 Å². The minimum absolute atomic E-state index is 0.0757. The van der Waals surface area contributed by atoms with Crippen molar-refractivity contribution in [2.45, 2.75) is 43.2 Å². The number of rotatable bonds is 5. The van der Waals surface area contributed by atoms with E-state index in [-0.39, 0.29) is 17.5 Å². The van der Waals surface area contributed by atoms with Crippen LogP contribution in [-0.2, 0) is 10.2 Å². The van der Waals surface area contributed by atoms with Gasteiger partial charge in [-0.1, -0.05) is 12.1 Å². The first-order valence-electron chi connectivity index (χ1n) is 9.07. The number of nitrogens with zero attached hydrogens (tertiary/aromatic N) is 3. The summed E-state index contributed by atoms with van der Waals surface area (Å²) in [6, 6.07) is 7.45. The molecule has 2 aliphatic heterocycles. The van der Waals surface area contributed by atoms with Crippen LogP contribution in [0.15, 0.2) is 24.3 Å². The van der Waals surface area contributed by atoms with Gasteiger partial charge in [-0.3, -0.25) is 9.69 Å². The highest BCUT2D eigenvalue weighted by Gasteiger charge is 2.51. The Morgan fingerprint density at radius 1 is 1.28 bits per heavy atom. The number of anilines is 1. The van der Waals surface area contributed by atoms with E-state index in [9.17, 15) is 9.59 Å². The number of primary amides is 1. The Kier molecular flexibility index (Phi) is 3.76. The molecule has 6 nitrogen and oxygen atoms in total. The third kappa shape index (κ3) is 2.59. The van der Waals surface area contributed by atoms with E-state index in [1.54, 1.807) is 9.80 Å². The summed E-state index contributed by atoms with van der Waals surface area (Å²) in [7, 11) is 4.20. The van der Waals surface area contributed by atoms with Crippen molar-refractivity contribution in [1.82, 2.24) is 9.80 Å². The predicted octanol–water partition coefficient (Wildman–Crippen LogP) is 1.54. The Morgan fingerprint density at radius 2 is 1.96 bits per heavy atom. The van der Waals surface area contributed by atoms with E-state index in [4.69, 9.17) is 5.73 Å². The maximum atomic E-state index is 12.8. The standard InChI is InChI=1S/C19H26N4O2/c1-21(2)12-19(9-10-19)13-5-7-14(8-6-13)23-16(17(20)24)15-4-3-11-22(15)18(23)25/h5-8,15-16H,3-4,9-12H2,1-2H3,(H2,20,24)/t15-,16?/m1/s1. The smallest absolute Gasteiger partial charge is 0.325 e. The number of carbonyl (C=O) groups is 2. The normalized spacial score (nSPS) is 27.1. The number of hydrogen-bond donors (Lipinski definition) is 1. The molecule has 2 heterocycles. The molecule has 25 heavy (non-hydrogen) atoms. The molecule has 2 N–H and O–H groups in total. The lowest BCUT2D eigenvalue weighted by molar-refractivity contribution is -0.119. The summed E-state index contributed by atoms with van der Waals surface area (Å²) in [6.45, 7) is 1.75. The lowest BCUT2D eigenvalue weighted by atomic mass is 9.95. The van der Waals surface area contributed by atoms with E-state index in [0.29, 0.717) is 6.54 Å². The Hall–Kier alpha value is -2.08. The van der Waals surface area contributed by atoms with Crippen molar-refractivity contribution >= 4 is 17.6 Å². The maximum Gasteiger partial charge on any atom is 0.325 e. The maximum absolute atomic E-state index is 12.8. The van der Waals surface area contributed by atoms with E-state index in [0.717, 1.165) is 25.1 Å². The number of likely N-dealkylation sites (N-methyl/N-ethyl adjacent to an activating group) is 1. The lowest BCUT2D eigenvalue weighted by Gasteiger charge is -2.25. The van der Waals surface area contributed by atoms with Crippen LogP contribution in [0.5, 0.6) is 0 Å². The summed E-state index contributed by atoms with van der Waals surface area (Å²) in [6.07, 6.45) is 4.19. The van der Waals surface area contributed by atoms with Crippen molar-refractivity contribution in [2.24, 2.45) is 5.73 Å². The summed E-state index contributed by atoms with van der Waals surface area (Å²) >= 11 is 0. The van der Waals surface area contributed by atoms with Crippen molar-refractivity contribution < 1.29 is 9.59 Å². The fraction of sp³-hybridized carbons (Fsp3) is 0.579. The Labute approximate surface area is 148 Å². The van der Waals surface area contributed by atoms with Crippen molar-refractivity contribution in [3.8, 4) is 0 Å². The van der Waals surface area contributed by atoms with E-state index in [1.165, 1.54) is 18.4 Å². The van der Waals surface area contributed by atoms with E-state index in [2.05, 4.69) is 31.1 Å². The third-order valence-corrected chi connectivity index (χ3v) is 5.92. The zero-order valence-corrected chi connectivity index (χ0v) is 14.9. The topological polar surface area (TPSA) is 69.9 Å². The minimum atomic E-state index is -0.558. The van der Waals surface area contributed by atoms with Crippen LogP contribution in [-0.4, -0.2) is 61.0 Å². The quantitative estimate of drug-likeness (QED) is 0.882.